The van der Waals surface area contributed by atoms with E-state index in [4.69, 9.17) is 0 Å². The molecule has 0 atom stereocenters. The van der Waals surface area contributed by atoms with Crippen LogP contribution in [0.25, 0.3) is 0 Å². The minimum atomic E-state index is -0.0827. The van der Waals surface area contributed by atoms with E-state index >= 15 is 0 Å². The predicted octanol–water partition coefficient (Wildman–Crippen LogP) is 3.49. The van der Waals surface area contributed by atoms with Gasteiger partial charge in [-0.1, -0.05) is 39.5 Å². The number of nitrogens with one attached hydrogen (secondary N) is 2. The van der Waals surface area contributed by atoms with Crippen LogP contribution < -0.4 is 10.6 Å². The molecule has 1 aliphatic carbocycles. The van der Waals surface area contributed by atoms with Crippen LogP contribution in [0.3, 0.4) is 0 Å². The van der Waals surface area contributed by atoms with E-state index in [9.17, 15) is 4.79 Å². The van der Waals surface area contributed by atoms with Crippen LogP contribution in [-0.4, -0.2) is 25.5 Å². The minimum absolute atomic E-state index is 0.0827. The lowest BCUT2D eigenvalue weighted by Crippen LogP contribution is -2.48. The summed E-state index contributed by atoms with van der Waals surface area (Å²) >= 11 is 0. The molecule has 2 rings (SSSR count). The van der Waals surface area contributed by atoms with Crippen molar-refractivity contribution in [2.75, 3.05) is 19.6 Å². The van der Waals surface area contributed by atoms with Crippen molar-refractivity contribution < 1.29 is 4.79 Å². The Kier molecular flexibility index (Phi) is 6.53. The molecule has 3 heteroatoms. The van der Waals surface area contributed by atoms with Gasteiger partial charge in [-0.25, -0.2) is 0 Å². The summed E-state index contributed by atoms with van der Waals surface area (Å²) in [7, 11) is 0. The molecule has 3 nitrogen and oxygen atoms in total. The molecule has 1 aliphatic heterocycles. The molecule has 122 valence electrons. The van der Waals surface area contributed by atoms with Crippen LogP contribution in [0.15, 0.2) is 0 Å². The number of rotatable bonds is 6. The standard InChI is InChI=1S/C18H34N2O/c1-3-9-18(10-12-19-13-11-18)17(21)20-14-16-7-5-15(4-2)6-8-16/h15-16,19H,3-14H2,1-2H3,(H,20,21). The van der Waals surface area contributed by atoms with Gasteiger partial charge in [-0.3, -0.25) is 4.79 Å². The summed E-state index contributed by atoms with van der Waals surface area (Å²) in [5, 5.41) is 6.70. The Morgan fingerprint density at radius 3 is 2.29 bits per heavy atom. The van der Waals surface area contributed by atoms with Crippen LogP contribution in [0.5, 0.6) is 0 Å². The first-order chi connectivity index (χ1) is 10.2. The molecule has 0 bridgehead atoms. The summed E-state index contributed by atoms with van der Waals surface area (Å²) in [5.74, 6) is 1.99. The summed E-state index contributed by atoms with van der Waals surface area (Å²) in [6.07, 6.45) is 10.8. The number of amides is 1. The number of hydrogen-bond acceptors (Lipinski definition) is 2. The van der Waals surface area contributed by atoms with Gasteiger partial charge in [0.2, 0.25) is 5.91 Å². The summed E-state index contributed by atoms with van der Waals surface area (Å²) in [6, 6.07) is 0. The fourth-order valence-corrected chi connectivity index (χ4v) is 4.24. The van der Waals surface area contributed by atoms with Crippen LogP contribution in [0.1, 0.15) is 71.6 Å². The average molecular weight is 294 g/mol. The van der Waals surface area contributed by atoms with E-state index < -0.39 is 0 Å². The molecule has 1 heterocycles. The Bertz CT molecular complexity index is 310. The molecule has 1 saturated heterocycles. The van der Waals surface area contributed by atoms with Crippen molar-refractivity contribution in [2.24, 2.45) is 17.3 Å². The van der Waals surface area contributed by atoms with Gasteiger partial charge < -0.3 is 10.6 Å². The third kappa shape index (κ3) is 4.45. The lowest BCUT2D eigenvalue weighted by molar-refractivity contribution is -0.133. The maximum absolute atomic E-state index is 12.7. The first kappa shape index (κ1) is 16.8. The van der Waals surface area contributed by atoms with Crippen molar-refractivity contribution in [3.63, 3.8) is 0 Å². The highest BCUT2D eigenvalue weighted by molar-refractivity contribution is 5.82. The maximum atomic E-state index is 12.7. The van der Waals surface area contributed by atoms with E-state index in [1.54, 1.807) is 0 Å². The molecular formula is C18H34N2O. The zero-order valence-electron chi connectivity index (χ0n) is 14.0. The molecule has 2 N–H and O–H groups in total. The highest BCUT2D eigenvalue weighted by atomic mass is 16.2. The van der Waals surface area contributed by atoms with Crippen LogP contribution >= 0.6 is 0 Å². The molecule has 0 unspecified atom stereocenters. The summed E-state index contributed by atoms with van der Waals surface area (Å²) in [5.41, 5.74) is -0.0827. The second kappa shape index (κ2) is 8.17. The predicted molar refractivity (Wildman–Crippen MR) is 88.2 cm³/mol. The van der Waals surface area contributed by atoms with Crippen molar-refractivity contribution in [1.82, 2.24) is 10.6 Å². The summed E-state index contributed by atoms with van der Waals surface area (Å²) in [4.78, 5) is 12.7. The monoisotopic (exact) mass is 294 g/mol. The van der Waals surface area contributed by atoms with Gasteiger partial charge >= 0.3 is 0 Å². The van der Waals surface area contributed by atoms with Crippen LogP contribution in [0, 0.1) is 17.3 Å². The highest BCUT2D eigenvalue weighted by Crippen LogP contribution is 2.35. The first-order valence-electron chi connectivity index (χ1n) is 9.19. The molecule has 0 aromatic carbocycles. The van der Waals surface area contributed by atoms with Crippen molar-refractivity contribution in [1.29, 1.82) is 0 Å². The van der Waals surface area contributed by atoms with Crippen LogP contribution in [0.4, 0.5) is 0 Å². The smallest absolute Gasteiger partial charge is 0.226 e. The van der Waals surface area contributed by atoms with Crippen LogP contribution in [-0.2, 0) is 4.79 Å². The quantitative estimate of drug-likeness (QED) is 0.787. The molecule has 0 radical (unpaired) electrons. The van der Waals surface area contributed by atoms with E-state index in [2.05, 4.69) is 24.5 Å². The fourth-order valence-electron chi connectivity index (χ4n) is 4.24. The largest absolute Gasteiger partial charge is 0.355 e. The number of carbonyl (C=O) groups is 1. The van der Waals surface area contributed by atoms with E-state index in [0.717, 1.165) is 57.2 Å². The molecule has 1 saturated carbocycles. The van der Waals surface area contributed by atoms with Crippen molar-refractivity contribution in [3.8, 4) is 0 Å². The normalized spacial score (nSPS) is 29.0. The van der Waals surface area contributed by atoms with E-state index in [1.165, 1.54) is 32.1 Å². The third-order valence-corrected chi connectivity index (χ3v) is 5.87. The maximum Gasteiger partial charge on any atom is 0.226 e. The lowest BCUT2D eigenvalue weighted by atomic mass is 9.74. The number of piperidine rings is 1. The Morgan fingerprint density at radius 1 is 1.10 bits per heavy atom. The van der Waals surface area contributed by atoms with Crippen molar-refractivity contribution in [3.05, 3.63) is 0 Å². The second-order valence-electron chi connectivity index (χ2n) is 7.29. The van der Waals surface area contributed by atoms with Crippen LogP contribution in [0.2, 0.25) is 0 Å². The van der Waals surface area contributed by atoms with Gasteiger partial charge in [-0.2, -0.15) is 0 Å². The zero-order valence-corrected chi connectivity index (χ0v) is 14.0. The Hall–Kier alpha value is -0.570. The lowest BCUT2D eigenvalue weighted by Gasteiger charge is -2.37. The number of hydrogen-bond donors (Lipinski definition) is 2. The molecule has 2 aliphatic rings. The second-order valence-corrected chi connectivity index (χ2v) is 7.29. The first-order valence-corrected chi connectivity index (χ1v) is 9.19. The molecule has 0 spiro atoms. The van der Waals surface area contributed by atoms with Gasteiger partial charge in [-0.15, -0.1) is 0 Å². The minimum Gasteiger partial charge on any atom is -0.355 e. The van der Waals surface area contributed by atoms with Gasteiger partial charge in [0.25, 0.3) is 0 Å². The zero-order chi connectivity index (χ0) is 15.1. The molecule has 0 aromatic rings. The van der Waals surface area contributed by atoms with E-state index in [0.29, 0.717) is 5.91 Å². The van der Waals surface area contributed by atoms with Crippen molar-refractivity contribution >= 4 is 5.91 Å². The number of carbonyl (C=O) groups excluding carboxylic acids is 1. The van der Waals surface area contributed by atoms with Crippen molar-refractivity contribution in [2.45, 2.75) is 71.6 Å². The Morgan fingerprint density at radius 2 is 1.71 bits per heavy atom. The topological polar surface area (TPSA) is 41.1 Å². The molecular weight excluding hydrogens is 260 g/mol. The fraction of sp³-hybridized carbons (Fsp3) is 0.944. The Labute approximate surface area is 130 Å². The molecule has 0 aromatic heterocycles. The van der Waals surface area contributed by atoms with Gasteiger partial charge in [0, 0.05) is 6.54 Å². The molecule has 21 heavy (non-hydrogen) atoms. The molecule has 1 amide bonds. The van der Waals surface area contributed by atoms with E-state index in [1.807, 2.05) is 0 Å². The third-order valence-electron chi connectivity index (χ3n) is 5.87. The SMILES string of the molecule is CCCC1(C(=O)NCC2CCC(CC)CC2)CCNCC1. The highest BCUT2D eigenvalue weighted by Gasteiger charge is 2.38. The van der Waals surface area contributed by atoms with Gasteiger partial charge in [0.1, 0.15) is 0 Å². The Balaban J connectivity index is 1.79. The summed E-state index contributed by atoms with van der Waals surface area (Å²) < 4.78 is 0. The van der Waals surface area contributed by atoms with E-state index in [-0.39, 0.29) is 5.41 Å². The summed E-state index contributed by atoms with van der Waals surface area (Å²) in [6.45, 7) is 7.40. The van der Waals surface area contributed by atoms with Gasteiger partial charge in [-0.05, 0) is 57.0 Å². The molecule has 2 fully saturated rings. The van der Waals surface area contributed by atoms with Gasteiger partial charge in [0.05, 0.1) is 5.41 Å². The van der Waals surface area contributed by atoms with Gasteiger partial charge in [0.15, 0.2) is 0 Å². The average Bonchev–Trinajstić information content (AvgIpc) is 2.54.